The van der Waals surface area contributed by atoms with Crippen molar-refractivity contribution in [2.45, 2.75) is 44.4 Å². The summed E-state index contributed by atoms with van der Waals surface area (Å²) in [6.45, 7) is 4.09. The molecule has 0 saturated carbocycles. The third-order valence-corrected chi connectivity index (χ3v) is 6.32. The first-order chi connectivity index (χ1) is 17.9. The minimum absolute atomic E-state index is 0.0500. The molecule has 200 valence electrons. The van der Waals surface area contributed by atoms with E-state index in [9.17, 15) is 14.0 Å². The zero-order valence-electron chi connectivity index (χ0n) is 21.0. The van der Waals surface area contributed by atoms with Crippen LogP contribution >= 0.6 is 0 Å². The highest BCUT2D eigenvalue weighted by Crippen LogP contribution is 2.23. The maximum Gasteiger partial charge on any atom is 0.411 e. The summed E-state index contributed by atoms with van der Waals surface area (Å²) in [5.74, 6) is 1.43. The third kappa shape index (κ3) is 7.38. The Hall–Kier alpha value is -3.74. The molecule has 37 heavy (non-hydrogen) atoms. The second-order valence-corrected chi connectivity index (χ2v) is 9.02. The van der Waals surface area contributed by atoms with Crippen molar-refractivity contribution >= 4 is 29.4 Å². The van der Waals surface area contributed by atoms with Gasteiger partial charge in [-0.1, -0.05) is 0 Å². The van der Waals surface area contributed by atoms with E-state index in [1.165, 1.54) is 12.4 Å². The number of halogens is 1. The van der Waals surface area contributed by atoms with Crippen molar-refractivity contribution in [3.63, 3.8) is 0 Å². The number of urea groups is 1. The Kier molecular flexibility index (Phi) is 8.88. The summed E-state index contributed by atoms with van der Waals surface area (Å²) >= 11 is 0. The first-order valence-corrected chi connectivity index (χ1v) is 12.4. The van der Waals surface area contributed by atoms with Crippen molar-refractivity contribution in [3.05, 3.63) is 30.7 Å². The molecule has 0 unspecified atom stereocenters. The number of rotatable bonds is 8. The first kappa shape index (κ1) is 26.3. The van der Waals surface area contributed by atoms with E-state index in [2.05, 4.69) is 35.8 Å². The summed E-state index contributed by atoms with van der Waals surface area (Å²) in [5, 5.41) is 8.45. The second-order valence-electron chi connectivity index (χ2n) is 9.02. The van der Waals surface area contributed by atoms with Gasteiger partial charge in [0.05, 0.1) is 25.0 Å². The molecule has 2 saturated heterocycles. The van der Waals surface area contributed by atoms with Crippen LogP contribution in [0.1, 0.15) is 26.2 Å². The molecule has 2 aliphatic rings. The molecule has 0 aromatic carbocycles. The van der Waals surface area contributed by atoms with E-state index in [0.29, 0.717) is 42.8 Å². The molecule has 2 fully saturated rings. The number of hydrogen-bond acceptors (Lipinski definition) is 9. The van der Waals surface area contributed by atoms with Crippen LogP contribution in [-0.4, -0.2) is 90.1 Å². The van der Waals surface area contributed by atoms with Gasteiger partial charge in [0.1, 0.15) is 18.6 Å². The molecule has 2 aromatic heterocycles. The van der Waals surface area contributed by atoms with Crippen molar-refractivity contribution in [1.29, 1.82) is 0 Å². The molecule has 2 aliphatic heterocycles. The average molecular weight is 517 g/mol. The molecule has 3 N–H and O–H groups in total. The van der Waals surface area contributed by atoms with Crippen LogP contribution in [0.3, 0.4) is 0 Å². The molecular formula is C24H33FN8O4. The van der Waals surface area contributed by atoms with Crippen LogP contribution in [0.15, 0.2) is 30.7 Å². The molecule has 3 amide bonds. The van der Waals surface area contributed by atoms with E-state index in [0.717, 1.165) is 19.4 Å². The third-order valence-electron chi connectivity index (χ3n) is 6.32. The number of pyridine rings is 1. The van der Waals surface area contributed by atoms with Crippen molar-refractivity contribution in [2.24, 2.45) is 0 Å². The number of hydrogen-bond donors (Lipinski definition) is 3. The maximum atomic E-state index is 13.3. The number of amides is 3. The van der Waals surface area contributed by atoms with Gasteiger partial charge < -0.3 is 24.6 Å². The van der Waals surface area contributed by atoms with E-state index in [1.54, 1.807) is 30.3 Å². The summed E-state index contributed by atoms with van der Waals surface area (Å²) < 4.78 is 23.8. The zero-order valence-corrected chi connectivity index (χ0v) is 21.0. The van der Waals surface area contributed by atoms with Crippen LogP contribution in [0.2, 0.25) is 0 Å². The smallest absolute Gasteiger partial charge is 0.411 e. The Morgan fingerprint density at radius 3 is 2.86 bits per heavy atom. The number of aromatic nitrogens is 3. The number of nitrogens with one attached hydrogen (secondary N) is 3. The van der Waals surface area contributed by atoms with Crippen LogP contribution in [0, 0.1) is 0 Å². The molecule has 0 bridgehead atoms. The van der Waals surface area contributed by atoms with Crippen molar-refractivity contribution in [3.8, 4) is 5.88 Å². The molecule has 4 heterocycles. The standard InChI is InChI=1S/C24H33FN8O4/c1-3-36-22-13-28-20(12-29-22)31-23(34)32(2)19-5-4-8-33(14-19)21-10-17(6-7-26-21)30-24(35)37-15-18-9-16(25)11-27-18/h6-7,10,12-13,16,18-19,27H,3-5,8-9,11,14-15H2,1-2H3,(H,26,30,35)(H,28,31,34)/t16-,18-,19+/m0/s1. The fraction of sp³-hybridized carbons (Fsp3) is 0.542. The van der Waals surface area contributed by atoms with Gasteiger partial charge in [0, 0.05) is 50.7 Å². The molecule has 2 aromatic rings. The van der Waals surface area contributed by atoms with Crippen LogP contribution in [0.5, 0.6) is 5.88 Å². The topological polar surface area (TPSA) is 134 Å². The van der Waals surface area contributed by atoms with Gasteiger partial charge in [-0.05, 0) is 32.3 Å². The molecular weight excluding hydrogens is 483 g/mol. The number of piperidine rings is 1. The normalized spacial score (nSPS) is 21.3. The average Bonchev–Trinajstić information content (AvgIpc) is 3.33. The van der Waals surface area contributed by atoms with E-state index < -0.39 is 12.3 Å². The van der Waals surface area contributed by atoms with E-state index in [4.69, 9.17) is 9.47 Å². The van der Waals surface area contributed by atoms with Gasteiger partial charge in [-0.3, -0.25) is 10.6 Å². The highest BCUT2D eigenvalue weighted by molar-refractivity contribution is 5.88. The van der Waals surface area contributed by atoms with Crippen LogP contribution in [0.25, 0.3) is 0 Å². The number of anilines is 3. The lowest BCUT2D eigenvalue weighted by Gasteiger charge is -2.38. The number of likely N-dealkylation sites (N-methyl/N-ethyl adjacent to an activating group) is 1. The van der Waals surface area contributed by atoms with Gasteiger partial charge in [0.2, 0.25) is 5.88 Å². The van der Waals surface area contributed by atoms with Gasteiger partial charge in [0.15, 0.2) is 5.82 Å². The van der Waals surface area contributed by atoms with Gasteiger partial charge in [0.25, 0.3) is 0 Å². The van der Waals surface area contributed by atoms with E-state index in [1.807, 2.05) is 6.92 Å². The van der Waals surface area contributed by atoms with Gasteiger partial charge in [-0.25, -0.2) is 28.9 Å². The Morgan fingerprint density at radius 1 is 1.27 bits per heavy atom. The maximum absolute atomic E-state index is 13.3. The minimum Gasteiger partial charge on any atom is -0.477 e. The SMILES string of the molecule is CCOc1cnc(NC(=O)N(C)[C@@H]2CCCN(c3cc(NC(=O)OC[C@@H]4C[C@H](F)CN4)ccn3)C2)cn1. The molecule has 12 nitrogen and oxygen atoms in total. The summed E-state index contributed by atoms with van der Waals surface area (Å²) in [6.07, 6.45) is 5.08. The largest absolute Gasteiger partial charge is 0.477 e. The summed E-state index contributed by atoms with van der Waals surface area (Å²) in [5.41, 5.74) is 0.542. The molecule has 13 heteroatoms. The van der Waals surface area contributed by atoms with E-state index in [-0.39, 0.29) is 31.3 Å². The highest BCUT2D eigenvalue weighted by atomic mass is 19.1. The Morgan fingerprint density at radius 2 is 2.14 bits per heavy atom. The lowest BCUT2D eigenvalue weighted by molar-refractivity contribution is 0.150. The quantitative estimate of drug-likeness (QED) is 0.484. The zero-order chi connectivity index (χ0) is 26.2. The number of carbonyl (C=O) groups excluding carboxylic acids is 2. The van der Waals surface area contributed by atoms with Gasteiger partial charge in [-0.15, -0.1) is 0 Å². The first-order valence-electron chi connectivity index (χ1n) is 12.4. The van der Waals surface area contributed by atoms with Gasteiger partial charge >= 0.3 is 12.1 Å². The fourth-order valence-electron chi connectivity index (χ4n) is 4.34. The summed E-state index contributed by atoms with van der Waals surface area (Å²) in [6, 6.07) is 2.94. The minimum atomic E-state index is -0.904. The lowest BCUT2D eigenvalue weighted by Crippen LogP contribution is -2.50. The lowest BCUT2D eigenvalue weighted by atomic mass is 10.0. The Labute approximate surface area is 214 Å². The fourth-order valence-corrected chi connectivity index (χ4v) is 4.34. The summed E-state index contributed by atoms with van der Waals surface area (Å²) in [7, 11) is 1.75. The van der Waals surface area contributed by atoms with Crippen molar-refractivity contribution in [2.75, 3.05) is 55.4 Å². The number of nitrogens with zero attached hydrogens (tertiary/aromatic N) is 5. The van der Waals surface area contributed by atoms with Crippen LogP contribution < -0.4 is 25.6 Å². The molecule has 0 radical (unpaired) electrons. The molecule has 3 atom stereocenters. The van der Waals surface area contributed by atoms with E-state index >= 15 is 0 Å². The monoisotopic (exact) mass is 516 g/mol. The summed E-state index contributed by atoms with van der Waals surface area (Å²) in [4.78, 5) is 41.5. The molecule has 0 aliphatic carbocycles. The van der Waals surface area contributed by atoms with Crippen LogP contribution in [0.4, 0.5) is 31.3 Å². The number of ether oxygens (including phenoxy) is 2. The predicted octanol–water partition coefficient (Wildman–Crippen LogP) is 2.65. The highest BCUT2D eigenvalue weighted by Gasteiger charge is 2.28. The van der Waals surface area contributed by atoms with Gasteiger partial charge in [-0.2, -0.15) is 0 Å². The Balaban J connectivity index is 1.29. The van der Waals surface area contributed by atoms with Crippen molar-refractivity contribution in [1.82, 2.24) is 25.2 Å². The van der Waals surface area contributed by atoms with Crippen molar-refractivity contribution < 1.29 is 23.5 Å². The molecule has 0 spiro atoms. The Bertz CT molecular complexity index is 1060. The molecule has 4 rings (SSSR count). The number of alkyl halides is 1. The number of carbonyl (C=O) groups is 2. The second kappa shape index (κ2) is 12.5. The predicted molar refractivity (Wildman–Crippen MR) is 136 cm³/mol. The van der Waals surface area contributed by atoms with Crippen LogP contribution in [-0.2, 0) is 4.74 Å².